The van der Waals surface area contributed by atoms with E-state index in [1.54, 1.807) is 55.6 Å². The number of thiophene rings is 2. The van der Waals surface area contributed by atoms with Crippen molar-refractivity contribution in [2.24, 2.45) is 5.10 Å². The second-order valence-electron chi connectivity index (χ2n) is 8.09. The van der Waals surface area contributed by atoms with Crippen molar-refractivity contribution in [2.75, 3.05) is 11.9 Å². The number of para-hydroxylation sites is 1. The molecule has 3 aromatic rings. The van der Waals surface area contributed by atoms with Crippen molar-refractivity contribution in [2.45, 2.75) is 39.5 Å². The van der Waals surface area contributed by atoms with Crippen LogP contribution in [0.15, 0.2) is 46.9 Å². The van der Waals surface area contributed by atoms with E-state index < -0.39 is 23.8 Å². The molecule has 2 N–H and O–H groups in total. The molecule has 0 saturated heterocycles. The van der Waals surface area contributed by atoms with Crippen LogP contribution >= 0.6 is 22.7 Å². The van der Waals surface area contributed by atoms with Crippen molar-refractivity contribution in [3.8, 4) is 5.75 Å². The minimum atomic E-state index is -1.01. The molecular weight excluding hydrogens is 514 g/mol. The largest absolute Gasteiger partial charge is 0.462 e. The fourth-order valence-corrected chi connectivity index (χ4v) is 5.75. The number of rotatable bonds is 7. The van der Waals surface area contributed by atoms with E-state index in [4.69, 9.17) is 9.47 Å². The number of carbonyl (C=O) groups is 4. The van der Waals surface area contributed by atoms with Crippen molar-refractivity contribution in [3.63, 3.8) is 0 Å². The second-order valence-corrected chi connectivity index (χ2v) is 10.1. The van der Waals surface area contributed by atoms with Crippen LogP contribution in [0.5, 0.6) is 5.75 Å². The molecule has 2 heterocycles. The van der Waals surface area contributed by atoms with Gasteiger partial charge < -0.3 is 14.8 Å². The van der Waals surface area contributed by atoms with Gasteiger partial charge in [-0.3, -0.25) is 9.59 Å². The number of nitrogens with zero attached hydrogens (tertiary/aromatic N) is 1. The highest BCUT2D eigenvalue weighted by Gasteiger charge is 2.28. The summed E-state index contributed by atoms with van der Waals surface area (Å²) < 4.78 is 10.7. The van der Waals surface area contributed by atoms with E-state index >= 15 is 0 Å². The van der Waals surface area contributed by atoms with Crippen LogP contribution in [0, 0.1) is 0 Å². The Morgan fingerprint density at radius 1 is 1.00 bits per heavy atom. The van der Waals surface area contributed by atoms with Gasteiger partial charge in [0.2, 0.25) is 0 Å². The summed E-state index contributed by atoms with van der Waals surface area (Å²) in [4.78, 5) is 51.6. The third kappa shape index (κ3) is 6.12. The van der Waals surface area contributed by atoms with Gasteiger partial charge >= 0.3 is 23.8 Å². The second kappa shape index (κ2) is 11.9. The van der Waals surface area contributed by atoms with Crippen LogP contribution in [-0.4, -0.2) is 36.1 Å². The molecule has 2 aromatic heterocycles. The smallest absolute Gasteiger partial charge is 0.353 e. The molecule has 1 aliphatic rings. The van der Waals surface area contributed by atoms with Crippen LogP contribution in [-0.2, 0) is 27.2 Å². The van der Waals surface area contributed by atoms with Gasteiger partial charge in [0.25, 0.3) is 0 Å². The van der Waals surface area contributed by atoms with Gasteiger partial charge in [-0.25, -0.2) is 15.0 Å². The number of benzene rings is 1. The molecule has 0 unspecified atom stereocenters. The van der Waals surface area contributed by atoms with Gasteiger partial charge in [0.15, 0.2) is 0 Å². The van der Waals surface area contributed by atoms with Gasteiger partial charge in [0, 0.05) is 10.4 Å². The lowest BCUT2D eigenvalue weighted by molar-refractivity contribution is -0.136. The molecule has 4 rings (SSSR count). The number of aryl methyl sites for hydroxylation is 1. The molecule has 2 amide bonds. The minimum absolute atomic E-state index is 0.204. The Balaban J connectivity index is 1.46. The van der Waals surface area contributed by atoms with Crippen LogP contribution in [0.3, 0.4) is 0 Å². The zero-order valence-corrected chi connectivity index (χ0v) is 21.9. The first-order valence-electron chi connectivity index (χ1n) is 11.7. The molecule has 0 fully saturated rings. The van der Waals surface area contributed by atoms with Gasteiger partial charge in [-0.05, 0) is 68.7 Å². The van der Waals surface area contributed by atoms with E-state index in [1.807, 2.05) is 0 Å². The predicted molar refractivity (Wildman–Crippen MR) is 142 cm³/mol. The van der Waals surface area contributed by atoms with Crippen molar-refractivity contribution in [1.29, 1.82) is 0 Å². The van der Waals surface area contributed by atoms with Crippen LogP contribution in [0.1, 0.15) is 62.7 Å². The lowest BCUT2D eigenvalue weighted by atomic mass is 9.95. The van der Waals surface area contributed by atoms with E-state index in [1.165, 1.54) is 22.7 Å². The normalized spacial score (nSPS) is 12.9. The Morgan fingerprint density at radius 2 is 1.78 bits per heavy atom. The molecular formula is C26H25N3O6S2. The van der Waals surface area contributed by atoms with Crippen molar-refractivity contribution < 1.29 is 28.7 Å². The number of fused-ring (bicyclic) bond motifs is 1. The quantitative estimate of drug-likeness (QED) is 0.149. The first-order valence-corrected chi connectivity index (χ1v) is 13.4. The maximum Gasteiger partial charge on any atom is 0.353 e. The van der Waals surface area contributed by atoms with Crippen molar-refractivity contribution in [1.82, 2.24) is 5.43 Å². The molecule has 0 spiro atoms. The summed E-state index contributed by atoms with van der Waals surface area (Å²) in [6.07, 6.45) is 3.49. The molecule has 0 saturated carbocycles. The van der Waals surface area contributed by atoms with Gasteiger partial charge in [0.05, 0.1) is 17.9 Å². The monoisotopic (exact) mass is 539 g/mol. The van der Waals surface area contributed by atoms with E-state index in [9.17, 15) is 19.2 Å². The summed E-state index contributed by atoms with van der Waals surface area (Å²) >= 11 is 2.56. The molecule has 0 bridgehead atoms. The van der Waals surface area contributed by atoms with Crippen molar-refractivity contribution in [3.05, 3.63) is 68.2 Å². The van der Waals surface area contributed by atoms with E-state index in [-0.39, 0.29) is 12.4 Å². The third-order valence-corrected chi connectivity index (χ3v) is 7.67. The molecule has 192 valence electrons. The fraction of sp³-hybridized carbons (Fsp3) is 0.269. The molecule has 0 aliphatic heterocycles. The number of amides is 2. The van der Waals surface area contributed by atoms with E-state index in [0.29, 0.717) is 26.7 Å². The summed E-state index contributed by atoms with van der Waals surface area (Å²) in [7, 11) is 0. The lowest BCUT2D eigenvalue weighted by Gasteiger charge is -2.12. The maximum atomic E-state index is 12.6. The van der Waals surface area contributed by atoms with E-state index in [0.717, 1.165) is 36.1 Å². The first-order chi connectivity index (χ1) is 17.9. The first kappa shape index (κ1) is 26.2. The number of hydrogen-bond donors (Lipinski definition) is 2. The summed E-state index contributed by atoms with van der Waals surface area (Å²) in [6, 6.07) is 10.2. The van der Waals surface area contributed by atoms with Crippen molar-refractivity contribution >= 4 is 57.1 Å². The Kier molecular flexibility index (Phi) is 8.47. The van der Waals surface area contributed by atoms with Crippen LogP contribution in [0.2, 0.25) is 0 Å². The molecule has 11 heteroatoms. The average Bonchev–Trinajstić information content (AvgIpc) is 3.55. The third-order valence-electron chi connectivity index (χ3n) is 5.61. The number of esters is 2. The Bertz CT molecular complexity index is 1360. The summed E-state index contributed by atoms with van der Waals surface area (Å²) in [6.45, 7) is 3.53. The summed E-state index contributed by atoms with van der Waals surface area (Å²) in [5.41, 5.74) is 4.24. The molecule has 9 nitrogen and oxygen atoms in total. The Morgan fingerprint density at radius 3 is 2.54 bits per heavy atom. The summed E-state index contributed by atoms with van der Waals surface area (Å²) in [5, 5.41) is 8.65. The zero-order chi connectivity index (χ0) is 26.4. The van der Waals surface area contributed by atoms with E-state index in [2.05, 4.69) is 15.8 Å². The average molecular weight is 540 g/mol. The van der Waals surface area contributed by atoms with Crippen LogP contribution < -0.4 is 15.5 Å². The molecule has 37 heavy (non-hydrogen) atoms. The fourth-order valence-electron chi connectivity index (χ4n) is 3.88. The van der Waals surface area contributed by atoms with Gasteiger partial charge in [-0.1, -0.05) is 18.2 Å². The zero-order valence-electron chi connectivity index (χ0n) is 20.3. The maximum absolute atomic E-state index is 12.6. The highest BCUT2D eigenvalue weighted by molar-refractivity contribution is 7.17. The standard InChI is InChI=1S/C26H25N3O6S2/c1-3-34-26(33)21-17-10-5-7-12-19(17)37-24(21)27-22(30)23(31)29-28-15(2)16-9-4-6-11-18(16)35-25(32)20-13-8-14-36-20/h4,6,8-9,11,13-14H,3,5,7,10,12H2,1-2H3,(H,27,30)(H,29,31). The Labute approximate surface area is 221 Å². The minimum Gasteiger partial charge on any atom is -0.462 e. The predicted octanol–water partition coefficient (Wildman–Crippen LogP) is 4.56. The van der Waals surface area contributed by atoms with Gasteiger partial charge in [-0.15, -0.1) is 22.7 Å². The molecule has 0 atom stereocenters. The number of hydrogen-bond acceptors (Lipinski definition) is 9. The van der Waals surface area contributed by atoms with Crippen LogP contribution in [0.4, 0.5) is 5.00 Å². The van der Waals surface area contributed by atoms with Gasteiger partial charge in [-0.2, -0.15) is 5.10 Å². The lowest BCUT2D eigenvalue weighted by Crippen LogP contribution is -2.33. The molecule has 1 aromatic carbocycles. The topological polar surface area (TPSA) is 123 Å². The number of hydrazone groups is 1. The number of nitrogens with one attached hydrogen (secondary N) is 2. The Hall–Kier alpha value is -3.83. The summed E-state index contributed by atoms with van der Waals surface area (Å²) in [5.74, 6) is -2.72. The number of ether oxygens (including phenoxy) is 2. The molecule has 1 aliphatic carbocycles. The van der Waals surface area contributed by atoms with Gasteiger partial charge in [0.1, 0.15) is 15.6 Å². The van der Waals surface area contributed by atoms with Crippen LogP contribution in [0.25, 0.3) is 0 Å². The number of carbonyl (C=O) groups excluding carboxylic acids is 4. The highest BCUT2D eigenvalue weighted by Crippen LogP contribution is 2.38. The SMILES string of the molecule is CCOC(=O)c1c(NC(=O)C(=O)NN=C(C)c2ccccc2OC(=O)c2cccs2)sc2c1CCCC2. The number of anilines is 1. The molecule has 0 radical (unpaired) electrons. The highest BCUT2D eigenvalue weighted by atomic mass is 32.1.